The van der Waals surface area contributed by atoms with Crippen LogP contribution in [0.4, 0.5) is 0 Å². The summed E-state index contributed by atoms with van der Waals surface area (Å²) in [5, 5.41) is 4.14. The number of hydrogen-bond acceptors (Lipinski definition) is 4. The molecule has 1 aromatic rings. The molecule has 0 N–H and O–H groups in total. The summed E-state index contributed by atoms with van der Waals surface area (Å²) in [4.78, 5) is 10.7. The number of rotatable bonds is 5. The molecule has 0 atom stereocenters. The van der Waals surface area contributed by atoms with Crippen molar-refractivity contribution in [3.63, 3.8) is 0 Å². The molecule has 0 unspecified atom stereocenters. The van der Waals surface area contributed by atoms with Gasteiger partial charge in [-0.3, -0.25) is 9.48 Å². The first kappa shape index (κ1) is 12.9. The van der Waals surface area contributed by atoms with Crippen LogP contribution in [0, 0.1) is 13.8 Å². The minimum absolute atomic E-state index is 0.0593. The molecule has 90 valence electrons. The van der Waals surface area contributed by atoms with Crippen molar-refractivity contribution in [3.8, 4) is 0 Å². The van der Waals surface area contributed by atoms with E-state index in [0.717, 1.165) is 12.0 Å². The molecule has 0 saturated heterocycles. The standard InChI is InChI=1S/C10H16N2O3S/c1-4-16(14,15)6-5-12-9(3)10(7-13)8(2)11-12/h7H,4-6H2,1-3H3. The molecule has 0 aromatic carbocycles. The zero-order chi connectivity index (χ0) is 12.3. The second kappa shape index (κ2) is 4.78. The van der Waals surface area contributed by atoms with Crippen molar-refractivity contribution in [3.05, 3.63) is 17.0 Å². The minimum atomic E-state index is -2.99. The molecule has 16 heavy (non-hydrogen) atoms. The Bertz CT molecular complexity index is 488. The zero-order valence-corrected chi connectivity index (χ0v) is 10.5. The van der Waals surface area contributed by atoms with E-state index in [0.29, 0.717) is 17.8 Å². The molecule has 0 aliphatic rings. The average Bonchev–Trinajstić information content (AvgIpc) is 2.51. The number of hydrogen-bond donors (Lipinski definition) is 0. The Hall–Kier alpha value is -1.17. The van der Waals surface area contributed by atoms with Crippen LogP contribution >= 0.6 is 0 Å². The fourth-order valence-electron chi connectivity index (χ4n) is 1.47. The molecule has 0 spiro atoms. The molecule has 5 nitrogen and oxygen atoms in total. The summed E-state index contributed by atoms with van der Waals surface area (Å²) in [6.45, 7) is 5.42. The summed E-state index contributed by atoms with van der Waals surface area (Å²) in [5.74, 6) is 0.191. The van der Waals surface area contributed by atoms with Crippen molar-refractivity contribution in [2.75, 3.05) is 11.5 Å². The Morgan fingerprint density at radius 3 is 2.44 bits per heavy atom. The van der Waals surface area contributed by atoms with Gasteiger partial charge in [-0.1, -0.05) is 6.92 Å². The van der Waals surface area contributed by atoms with Crippen molar-refractivity contribution in [2.24, 2.45) is 0 Å². The maximum absolute atomic E-state index is 11.3. The number of carbonyl (C=O) groups is 1. The molecule has 0 aliphatic carbocycles. The molecular formula is C10H16N2O3S. The van der Waals surface area contributed by atoms with Gasteiger partial charge in [0.15, 0.2) is 16.1 Å². The van der Waals surface area contributed by atoms with Crippen molar-refractivity contribution < 1.29 is 13.2 Å². The van der Waals surface area contributed by atoms with E-state index in [1.165, 1.54) is 0 Å². The van der Waals surface area contributed by atoms with Gasteiger partial charge >= 0.3 is 0 Å². The van der Waals surface area contributed by atoms with Crippen LogP contribution in [0.25, 0.3) is 0 Å². The van der Waals surface area contributed by atoms with Crippen molar-refractivity contribution in [1.29, 1.82) is 0 Å². The van der Waals surface area contributed by atoms with Crippen LogP contribution in [0.3, 0.4) is 0 Å². The Labute approximate surface area is 95.4 Å². The first-order chi connectivity index (χ1) is 7.41. The monoisotopic (exact) mass is 244 g/mol. The van der Waals surface area contributed by atoms with Crippen LogP contribution in [0.5, 0.6) is 0 Å². The predicted octanol–water partition coefficient (Wildman–Crippen LogP) is 0.747. The molecule has 6 heteroatoms. The number of nitrogens with zero attached hydrogens (tertiary/aromatic N) is 2. The van der Waals surface area contributed by atoms with Gasteiger partial charge in [0, 0.05) is 11.4 Å². The van der Waals surface area contributed by atoms with Gasteiger partial charge in [0.2, 0.25) is 0 Å². The van der Waals surface area contributed by atoms with Crippen LogP contribution < -0.4 is 0 Å². The van der Waals surface area contributed by atoms with E-state index in [4.69, 9.17) is 0 Å². The van der Waals surface area contributed by atoms with Gasteiger partial charge in [0.05, 0.1) is 23.6 Å². The van der Waals surface area contributed by atoms with E-state index in [9.17, 15) is 13.2 Å². The summed E-state index contributed by atoms with van der Waals surface area (Å²) < 4.78 is 24.2. The van der Waals surface area contributed by atoms with Gasteiger partial charge in [0.1, 0.15) is 0 Å². The number of sulfone groups is 1. The molecule has 0 amide bonds. The SMILES string of the molecule is CCS(=O)(=O)CCn1nc(C)c(C=O)c1C. The summed E-state index contributed by atoms with van der Waals surface area (Å²) in [6, 6.07) is 0. The smallest absolute Gasteiger partial charge is 0.153 e. The van der Waals surface area contributed by atoms with Gasteiger partial charge in [-0.15, -0.1) is 0 Å². The summed E-state index contributed by atoms with van der Waals surface area (Å²) >= 11 is 0. The fraction of sp³-hybridized carbons (Fsp3) is 0.600. The van der Waals surface area contributed by atoms with Crippen LogP contribution in [-0.2, 0) is 16.4 Å². The first-order valence-electron chi connectivity index (χ1n) is 5.11. The molecule has 0 aliphatic heterocycles. The lowest BCUT2D eigenvalue weighted by atomic mass is 10.2. The largest absolute Gasteiger partial charge is 0.298 e. The molecule has 1 aromatic heterocycles. The highest BCUT2D eigenvalue weighted by atomic mass is 32.2. The minimum Gasteiger partial charge on any atom is -0.298 e. The fourth-order valence-corrected chi connectivity index (χ4v) is 2.21. The lowest BCUT2D eigenvalue weighted by Crippen LogP contribution is -2.16. The molecule has 0 fully saturated rings. The van der Waals surface area contributed by atoms with Gasteiger partial charge < -0.3 is 0 Å². The highest BCUT2D eigenvalue weighted by Gasteiger charge is 2.13. The Balaban J connectivity index is 2.87. The third-order valence-corrected chi connectivity index (χ3v) is 4.29. The number of aromatic nitrogens is 2. The molecule has 0 saturated carbocycles. The van der Waals surface area contributed by atoms with Crippen LogP contribution in [0.15, 0.2) is 0 Å². The van der Waals surface area contributed by atoms with E-state index in [2.05, 4.69) is 5.10 Å². The third-order valence-electron chi connectivity index (χ3n) is 2.61. The lowest BCUT2D eigenvalue weighted by Gasteiger charge is -2.04. The first-order valence-corrected chi connectivity index (χ1v) is 6.93. The van der Waals surface area contributed by atoms with Gasteiger partial charge in [0.25, 0.3) is 0 Å². The number of aryl methyl sites for hydroxylation is 2. The molecule has 1 rings (SSSR count). The van der Waals surface area contributed by atoms with Crippen molar-refractivity contribution >= 4 is 16.1 Å². The van der Waals surface area contributed by atoms with Gasteiger partial charge in [-0.2, -0.15) is 5.10 Å². The van der Waals surface area contributed by atoms with E-state index >= 15 is 0 Å². The number of carbonyl (C=O) groups excluding carboxylic acids is 1. The van der Waals surface area contributed by atoms with Gasteiger partial charge in [-0.25, -0.2) is 8.42 Å². The molecule has 1 heterocycles. The van der Waals surface area contributed by atoms with Crippen LogP contribution in [-0.4, -0.2) is 36.0 Å². The molecule has 0 radical (unpaired) electrons. The Kier molecular flexibility index (Phi) is 3.85. The quantitative estimate of drug-likeness (QED) is 0.717. The van der Waals surface area contributed by atoms with E-state index < -0.39 is 9.84 Å². The Morgan fingerprint density at radius 2 is 2.00 bits per heavy atom. The average molecular weight is 244 g/mol. The lowest BCUT2D eigenvalue weighted by molar-refractivity contribution is 0.112. The second-order valence-corrected chi connectivity index (χ2v) is 6.13. The number of aldehydes is 1. The van der Waals surface area contributed by atoms with Crippen LogP contribution in [0.1, 0.15) is 28.7 Å². The summed E-state index contributed by atoms with van der Waals surface area (Å²) in [7, 11) is -2.99. The predicted molar refractivity (Wildman–Crippen MR) is 61.4 cm³/mol. The maximum Gasteiger partial charge on any atom is 0.153 e. The topological polar surface area (TPSA) is 69.0 Å². The van der Waals surface area contributed by atoms with E-state index in [1.54, 1.807) is 25.5 Å². The van der Waals surface area contributed by atoms with Crippen molar-refractivity contribution in [2.45, 2.75) is 27.3 Å². The third kappa shape index (κ3) is 2.69. The maximum atomic E-state index is 11.3. The molecule has 0 bridgehead atoms. The van der Waals surface area contributed by atoms with E-state index in [1.807, 2.05) is 0 Å². The van der Waals surface area contributed by atoms with Crippen molar-refractivity contribution in [1.82, 2.24) is 9.78 Å². The summed E-state index contributed by atoms with van der Waals surface area (Å²) in [5.41, 5.74) is 1.91. The zero-order valence-electron chi connectivity index (χ0n) is 9.73. The second-order valence-electron chi connectivity index (χ2n) is 3.66. The normalized spacial score (nSPS) is 11.7. The Morgan fingerprint density at radius 1 is 1.38 bits per heavy atom. The van der Waals surface area contributed by atoms with Gasteiger partial charge in [-0.05, 0) is 13.8 Å². The highest BCUT2D eigenvalue weighted by Crippen LogP contribution is 2.10. The van der Waals surface area contributed by atoms with E-state index in [-0.39, 0.29) is 11.5 Å². The van der Waals surface area contributed by atoms with Crippen LogP contribution in [0.2, 0.25) is 0 Å². The molecular weight excluding hydrogens is 228 g/mol. The summed E-state index contributed by atoms with van der Waals surface area (Å²) in [6.07, 6.45) is 0.752. The highest BCUT2D eigenvalue weighted by molar-refractivity contribution is 7.91.